The zero-order valence-corrected chi connectivity index (χ0v) is 8.27. The largest absolute Gasteiger partial charge is 0.466 e. The maximum absolute atomic E-state index is 11.8. The molecule has 0 fully saturated rings. The van der Waals surface area contributed by atoms with Crippen molar-refractivity contribution in [3.63, 3.8) is 0 Å². The van der Waals surface area contributed by atoms with E-state index in [9.17, 15) is 4.79 Å². The number of benzene rings is 1. The van der Waals surface area contributed by atoms with Gasteiger partial charge in [0, 0.05) is 5.56 Å². The Morgan fingerprint density at radius 3 is 3.07 bits per heavy atom. The minimum absolute atomic E-state index is 0.0969. The lowest BCUT2D eigenvalue weighted by Crippen LogP contribution is -2.33. The first-order valence-corrected chi connectivity index (χ1v) is 4.83. The summed E-state index contributed by atoms with van der Waals surface area (Å²) in [5, 5.41) is 0. The first-order valence-electron chi connectivity index (χ1n) is 4.83. The fourth-order valence-corrected chi connectivity index (χ4v) is 2.28. The van der Waals surface area contributed by atoms with E-state index >= 15 is 0 Å². The van der Waals surface area contributed by atoms with E-state index in [1.165, 1.54) is 7.11 Å². The highest BCUT2D eigenvalue weighted by Crippen LogP contribution is 2.50. The lowest BCUT2D eigenvalue weighted by molar-refractivity contribution is -0.162. The molecule has 0 aliphatic carbocycles. The Kier molecular flexibility index (Phi) is 1.56. The first kappa shape index (κ1) is 8.68. The van der Waals surface area contributed by atoms with Crippen LogP contribution in [0.3, 0.4) is 0 Å². The normalized spacial score (nSPS) is 30.3. The van der Waals surface area contributed by atoms with Crippen molar-refractivity contribution in [1.82, 2.24) is 0 Å². The fourth-order valence-electron chi connectivity index (χ4n) is 2.28. The molecule has 15 heavy (non-hydrogen) atoms. The van der Waals surface area contributed by atoms with E-state index < -0.39 is 5.60 Å². The number of methoxy groups -OCH3 is 1. The standard InChI is InChI=1S/C12H10O3/c1-14-11(13)12-7-6-10(15-12)8-4-2-3-5-9(8)12/h2-7,10H,1H3. The second-order valence-corrected chi connectivity index (χ2v) is 3.71. The maximum Gasteiger partial charge on any atom is 0.347 e. The van der Waals surface area contributed by atoms with Crippen LogP contribution < -0.4 is 0 Å². The number of rotatable bonds is 1. The molecule has 0 radical (unpaired) electrons. The van der Waals surface area contributed by atoms with Crippen molar-refractivity contribution in [3.8, 4) is 0 Å². The van der Waals surface area contributed by atoms with E-state index in [1.54, 1.807) is 6.08 Å². The highest BCUT2D eigenvalue weighted by Gasteiger charge is 2.52. The van der Waals surface area contributed by atoms with Crippen LogP contribution in [0.2, 0.25) is 0 Å². The lowest BCUT2D eigenvalue weighted by atomic mass is 9.87. The summed E-state index contributed by atoms with van der Waals surface area (Å²) >= 11 is 0. The summed E-state index contributed by atoms with van der Waals surface area (Å²) in [6, 6.07) is 7.74. The SMILES string of the molecule is COC(=O)C12C=CC(O1)c1ccccc12. The lowest BCUT2D eigenvalue weighted by Gasteiger charge is -2.20. The van der Waals surface area contributed by atoms with E-state index in [0.29, 0.717) is 0 Å². The van der Waals surface area contributed by atoms with Crippen molar-refractivity contribution < 1.29 is 14.3 Å². The van der Waals surface area contributed by atoms with Crippen molar-refractivity contribution in [2.24, 2.45) is 0 Å². The zero-order valence-electron chi connectivity index (χ0n) is 8.27. The summed E-state index contributed by atoms with van der Waals surface area (Å²) in [5.41, 5.74) is 0.977. The number of carbonyl (C=O) groups is 1. The van der Waals surface area contributed by atoms with Crippen LogP contribution in [-0.4, -0.2) is 13.1 Å². The third kappa shape index (κ3) is 0.908. The molecular weight excluding hydrogens is 192 g/mol. The smallest absolute Gasteiger partial charge is 0.347 e. The van der Waals surface area contributed by atoms with Gasteiger partial charge in [-0.1, -0.05) is 30.3 Å². The van der Waals surface area contributed by atoms with Gasteiger partial charge >= 0.3 is 5.97 Å². The van der Waals surface area contributed by atoms with Gasteiger partial charge < -0.3 is 9.47 Å². The van der Waals surface area contributed by atoms with Crippen LogP contribution in [0.25, 0.3) is 0 Å². The molecule has 2 unspecified atom stereocenters. The van der Waals surface area contributed by atoms with Gasteiger partial charge in [-0.25, -0.2) is 4.79 Å². The van der Waals surface area contributed by atoms with E-state index in [4.69, 9.17) is 9.47 Å². The van der Waals surface area contributed by atoms with E-state index in [1.807, 2.05) is 30.3 Å². The molecule has 2 aliphatic heterocycles. The summed E-state index contributed by atoms with van der Waals surface area (Å²) < 4.78 is 10.5. The van der Waals surface area contributed by atoms with Gasteiger partial charge in [-0.3, -0.25) is 0 Å². The minimum atomic E-state index is -0.990. The van der Waals surface area contributed by atoms with Gasteiger partial charge in [-0.05, 0) is 11.6 Å². The second kappa shape index (κ2) is 2.70. The molecule has 2 heterocycles. The monoisotopic (exact) mass is 202 g/mol. The number of fused-ring (bicyclic) bond motifs is 5. The van der Waals surface area contributed by atoms with Gasteiger partial charge in [0.1, 0.15) is 6.10 Å². The number of ether oxygens (including phenoxy) is 2. The van der Waals surface area contributed by atoms with Crippen LogP contribution in [0.5, 0.6) is 0 Å². The molecule has 2 bridgehead atoms. The van der Waals surface area contributed by atoms with Crippen LogP contribution in [0.15, 0.2) is 36.4 Å². The molecule has 3 heteroatoms. The average Bonchev–Trinajstić information content (AvgIpc) is 2.86. The van der Waals surface area contributed by atoms with Gasteiger partial charge in [0.05, 0.1) is 7.11 Å². The summed E-state index contributed by atoms with van der Waals surface area (Å²) in [7, 11) is 1.38. The summed E-state index contributed by atoms with van der Waals surface area (Å²) in [4.78, 5) is 11.8. The summed E-state index contributed by atoms with van der Waals surface area (Å²) in [5.74, 6) is -0.355. The Morgan fingerprint density at radius 1 is 1.47 bits per heavy atom. The quantitative estimate of drug-likeness (QED) is 0.513. The second-order valence-electron chi connectivity index (χ2n) is 3.71. The Bertz CT molecular complexity index is 464. The summed E-state index contributed by atoms with van der Waals surface area (Å²) in [6.07, 6.45) is 3.59. The van der Waals surface area contributed by atoms with Crippen LogP contribution in [-0.2, 0) is 19.9 Å². The van der Waals surface area contributed by atoms with E-state index in [2.05, 4.69) is 0 Å². The van der Waals surface area contributed by atoms with Gasteiger partial charge in [0.15, 0.2) is 0 Å². The third-order valence-electron chi connectivity index (χ3n) is 2.97. The fraction of sp³-hybridized carbons (Fsp3) is 0.250. The average molecular weight is 202 g/mol. The molecular formula is C12H10O3. The highest BCUT2D eigenvalue weighted by atomic mass is 16.6. The van der Waals surface area contributed by atoms with Crippen LogP contribution in [0.4, 0.5) is 0 Å². The molecule has 3 nitrogen and oxygen atoms in total. The first-order chi connectivity index (χ1) is 7.28. The number of esters is 1. The molecule has 0 aromatic heterocycles. The summed E-state index contributed by atoms with van der Waals surface area (Å²) in [6.45, 7) is 0. The Morgan fingerprint density at radius 2 is 2.27 bits per heavy atom. The van der Waals surface area contributed by atoms with Crippen molar-refractivity contribution in [1.29, 1.82) is 0 Å². The van der Waals surface area contributed by atoms with Crippen molar-refractivity contribution >= 4 is 5.97 Å². The predicted octanol–water partition coefficient (Wildman–Crippen LogP) is 1.70. The van der Waals surface area contributed by atoms with E-state index in [-0.39, 0.29) is 12.1 Å². The van der Waals surface area contributed by atoms with Crippen LogP contribution in [0.1, 0.15) is 17.2 Å². The van der Waals surface area contributed by atoms with Gasteiger partial charge in [-0.2, -0.15) is 0 Å². The third-order valence-corrected chi connectivity index (χ3v) is 2.97. The molecule has 1 aromatic carbocycles. The van der Waals surface area contributed by atoms with Crippen LogP contribution in [0, 0.1) is 0 Å². The molecule has 2 aliphatic rings. The van der Waals surface area contributed by atoms with Crippen molar-refractivity contribution in [2.45, 2.75) is 11.7 Å². The molecule has 0 spiro atoms. The number of carbonyl (C=O) groups excluding carboxylic acids is 1. The molecule has 0 saturated heterocycles. The molecule has 76 valence electrons. The molecule has 0 saturated carbocycles. The van der Waals surface area contributed by atoms with Gasteiger partial charge in [-0.15, -0.1) is 0 Å². The zero-order chi connectivity index (χ0) is 10.5. The Balaban J connectivity index is 2.20. The Hall–Kier alpha value is -1.61. The van der Waals surface area contributed by atoms with E-state index in [0.717, 1.165) is 11.1 Å². The molecule has 1 aromatic rings. The minimum Gasteiger partial charge on any atom is -0.466 e. The van der Waals surface area contributed by atoms with Gasteiger partial charge in [0.25, 0.3) is 0 Å². The maximum atomic E-state index is 11.8. The molecule has 2 atom stereocenters. The van der Waals surface area contributed by atoms with Crippen LogP contribution >= 0.6 is 0 Å². The molecule has 3 rings (SSSR count). The van der Waals surface area contributed by atoms with Gasteiger partial charge in [0.2, 0.25) is 5.60 Å². The highest BCUT2D eigenvalue weighted by molar-refractivity contribution is 5.86. The number of hydrogen-bond acceptors (Lipinski definition) is 3. The number of hydrogen-bond donors (Lipinski definition) is 0. The van der Waals surface area contributed by atoms with Crippen molar-refractivity contribution in [3.05, 3.63) is 47.5 Å². The predicted molar refractivity (Wildman–Crippen MR) is 53.1 cm³/mol. The topological polar surface area (TPSA) is 35.5 Å². The molecule has 0 N–H and O–H groups in total. The molecule has 0 amide bonds. The van der Waals surface area contributed by atoms with Crippen molar-refractivity contribution in [2.75, 3.05) is 7.11 Å². The Labute approximate surface area is 87.3 Å².